The zero-order chi connectivity index (χ0) is 24.8. The Bertz CT molecular complexity index is 1130. The number of amides is 1. The second-order valence-corrected chi connectivity index (χ2v) is 9.29. The van der Waals surface area contributed by atoms with Crippen LogP contribution in [0.1, 0.15) is 48.7 Å². The number of alkyl halides is 3. The summed E-state index contributed by atoms with van der Waals surface area (Å²) >= 11 is 0. The first-order valence-electron chi connectivity index (χ1n) is 10.1. The molecule has 0 saturated carbocycles. The van der Waals surface area contributed by atoms with Gasteiger partial charge in [-0.15, -0.1) is 0 Å². The first-order chi connectivity index (χ1) is 15.3. The van der Waals surface area contributed by atoms with Gasteiger partial charge >= 0.3 is 6.18 Å². The van der Waals surface area contributed by atoms with E-state index in [-0.39, 0.29) is 30.3 Å². The van der Waals surface area contributed by atoms with Crippen molar-refractivity contribution in [1.82, 2.24) is 10.3 Å². The highest BCUT2D eigenvalue weighted by molar-refractivity contribution is 7.92. The summed E-state index contributed by atoms with van der Waals surface area (Å²) in [5, 5.41) is 2.61. The maximum atomic E-state index is 14.0. The van der Waals surface area contributed by atoms with Crippen molar-refractivity contribution in [2.75, 3.05) is 17.5 Å². The van der Waals surface area contributed by atoms with Crippen molar-refractivity contribution in [2.24, 2.45) is 0 Å². The van der Waals surface area contributed by atoms with E-state index in [0.717, 1.165) is 12.3 Å². The van der Waals surface area contributed by atoms with Crippen molar-refractivity contribution >= 4 is 27.7 Å². The molecule has 6 nitrogen and oxygen atoms in total. The minimum Gasteiger partial charge on any atom is -0.352 e. The van der Waals surface area contributed by atoms with Crippen LogP contribution in [0.4, 0.5) is 23.2 Å². The van der Waals surface area contributed by atoms with Crippen LogP contribution in [0.15, 0.2) is 36.4 Å². The Labute approximate surface area is 190 Å². The van der Waals surface area contributed by atoms with Gasteiger partial charge in [0.25, 0.3) is 0 Å². The quantitative estimate of drug-likeness (QED) is 0.403. The van der Waals surface area contributed by atoms with E-state index in [9.17, 15) is 30.8 Å². The van der Waals surface area contributed by atoms with Crippen LogP contribution >= 0.6 is 0 Å². The summed E-state index contributed by atoms with van der Waals surface area (Å²) < 4.78 is 77.4. The lowest BCUT2D eigenvalue weighted by Crippen LogP contribution is -2.23. The Morgan fingerprint density at radius 3 is 2.48 bits per heavy atom. The van der Waals surface area contributed by atoms with Crippen LogP contribution in [-0.2, 0) is 27.4 Å². The van der Waals surface area contributed by atoms with E-state index in [4.69, 9.17) is 0 Å². The standard InChI is InChI=1S/C22H25F4N3O3S/c1-4-14(2)21-16(6-9-19(28-21)22(24,25)26)7-10-20(30)27-12-11-15-5-8-18(17(23)13-15)29-33(3,31)32/h5-10,13-14,29H,4,11-12H2,1-3H3,(H,27,30)/t14-/m1/s1. The topological polar surface area (TPSA) is 88.2 Å². The third-order valence-corrected chi connectivity index (χ3v) is 5.37. The van der Waals surface area contributed by atoms with Crippen LogP contribution in [0.5, 0.6) is 0 Å². The molecule has 0 aliphatic carbocycles. The van der Waals surface area contributed by atoms with E-state index in [1.807, 2.05) is 6.92 Å². The average molecular weight is 488 g/mol. The molecule has 180 valence electrons. The van der Waals surface area contributed by atoms with Gasteiger partial charge in [0.2, 0.25) is 15.9 Å². The predicted molar refractivity (Wildman–Crippen MR) is 119 cm³/mol. The van der Waals surface area contributed by atoms with Gasteiger partial charge in [-0.05, 0) is 54.2 Å². The largest absolute Gasteiger partial charge is 0.433 e. The number of anilines is 1. The van der Waals surface area contributed by atoms with Gasteiger partial charge in [0.15, 0.2) is 0 Å². The maximum absolute atomic E-state index is 14.0. The van der Waals surface area contributed by atoms with Crippen LogP contribution in [0.3, 0.4) is 0 Å². The minimum atomic E-state index is -4.56. The molecular formula is C22H25F4N3O3S. The van der Waals surface area contributed by atoms with Gasteiger partial charge in [0.1, 0.15) is 11.5 Å². The number of sulfonamides is 1. The Balaban J connectivity index is 2.01. The summed E-state index contributed by atoms with van der Waals surface area (Å²) in [6.07, 6.45) is -0.159. The van der Waals surface area contributed by atoms with Gasteiger partial charge in [-0.2, -0.15) is 13.2 Å². The van der Waals surface area contributed by atoms with Crippen LogP contribution in [-0.4, -0.2) is 32.1 Å². The molecule has 1 amide bonds. The zero-order valence-electron chi connectivity index (χ0n) is 18.3. The number of hydrogen-bond acceptors (Lipinski definition) is 4. The molecule has 0 aliphatic heterocycles. The van der Waals surface area contributed by atoms with E-state index < -0.39 is 33.6 Å². The molecule has 0 radical (unpaired) electrons. The molecule has 2 N–H and O–H groups in total. The van der Waals surface area contributed by atoms with Crippen molar-refractivity contribution in [1.29, 1.82) is 0 Å². The number of nitrogens with zero attached hydrogens (tertiary/aromatic N) is 1. The fourth-order valence-electron chi connectivity index (χ4n) is 2.92. The van der Waals surface area contributed by atoms with Gasteiger partial charge in [0.05, 0.1) is 17.6 Å². The van der Waals surface area contributed by atoms with E-state index >= 15 is 0 Å². The highest BCUT2D eigenvalue weighted by Gasteiger charge is 2.33. The lowest BCUT2D eigenvalue weighted by atomic mass is 9.98. The predicted octanol–water partition coefficient (Wildman–Crippen LogP) is 4.50. The van der Waals surface area contributed by atoms with Gasteiger partial charge < -0.3 is 5.32 Å². The Kier molecular flexibility index (Phi) is 8.59. The highest BCUT2D eigenvalue weighted by atomic mass is 32.2. The fourth-order valence-corrected chi connectivity index (χ4v) is 3.49. The molecule has 0 bridgehead atoms. The molecule has 1 atom stereocenters. The molecule has 2 rings (SSSR count). The van der Waals surface area contributed by atoms with Gasteiger partial charge in [-0.3, -0.25) is 9.52 Å². The first-order valence-corrected chi connectivity index (χ1v) is 12.0. The first kappa shape index (κ1) is 26.3. The number of hydrogen-bond donors (Lipinski definition) is 2. The zero-order valence-corrected chi connectivity index (χ0v) is 19.1. The highest BCUT2D eigenvalue weighted by Crippen LogP contribution is 2.31. The summed E-state index contributed by atoms with van der Waals surface area (Å²) in [7, 11) is -3.60. The van der Waals surface area contributed by atoms with E-state index in [2.05, 4.69) is 15.0 Å². The fraction of sp³-hybridized carbons (Fsp3) is 0.364. The summed E-state index contributed by atoms with van der Waals surface area (Å²) in [4.78, 5) is 15.9. The second-order valence-electron chi connectivity index (χ2n) is 7.54. The number of carbonyl (C=O) groups excluding carboxylic acids is 1. The monoisotopic (exact) mass is 487 g/mol. The molecule has 11 heteroatoms. The third kappa shape index (κ3) is 8.16. The SMILES string of the molecule is CC[C@@H](C)c1nc(C(F)(F)F)ccc1C=CC(=O)NCCc1ccc(NS(C)(=O)=O)c(F)c1. The number of benzene rings is 1. The van der Waals surface area contributed by atoms with Crippen molar-refractivity contribution in [2.45, 2.75) is 38.8 Å². The summed E-state index contributed by atoms with van der Waals surface area (Å²) in [6.45, 7) is 3.76. The van der Waals surface area contributed by atoms with E-state index in [1.165, 1.54) is 36.4 Å². The van der Waals surface area contributed by atoms with Crippen molar-refractivity contribution in [3.63, 3.8) is 0 Å². The molecule has 2 aromatic rings. The Hall–Kier alpha value is -2.95. The molecule has 1 aromatic carbocycles. The molecule has 0 fully saturated rings. The number of aromatic nitrogens is 1. The number of halogens is 4. The summed E-state index contributed by atoms with van der Waals surface area (Å²) in [5.41, 5.74) is 0.0693. The second kappa shape index (κ2) is 10.8. The van der Waals surface area contributed by atoms with Crippen molar-refractivity contribution < 1.29 is 30.8 Å². The molecule has 0 aliphatic rings. The molecule has 1 heterocycles. The van der Waals surface area contributed by atoms with Crippen LogP contribution in [0, 0.1) is 5.82 Å². The Morgan fingerprint density at radius 2 is 1.91 bits per heavy atom. The normalized spacial score (nSPS) is 13.2. The minimum absolute atomic E-state index is 0.171. The van der Waals surface area contributed by atoms with Gasteiger partial charge in [-0.25, -0.2) is 17.8 Å². The van der Waals surface area contributed by atoms with Crippen molar-refractivity contribution in [3.8, 4) is 0 Å². The number of pyridine rings is 1. The van der Waals surface area contributed by atoms with Gasteiger partial charge in [-0.1, -0.05) is 26.0 Å². The lowest BCUT2D eigenvalue weighted by Gasteiger charge is -2.15. The Morgan fingerprint density at radius 1 is 1.21 bits per heavy atom. The number of rotatable bonds is 9. The summed E-state index contributed by atoms with van der Waals surface area (Å²) in [6, 6.07) is 6.16. The van der Waals surface area contributed by atoms with Crippen LogP contribution in [0.2, 0.25) is 0 Å². The van der Waals surface area contributed by atoms with Crippen LogP contribution < -0.4 is 10.0 Å². The molecule has 1 aromatic heterocycles. The molecule has 33 heavy (non-hydrogen) atoms. The maximum Gasteiger partial charge on any atom is 0.433 e. The number of nitrogens with one attached hydrogen (secondary N) is 2. The average Bonchev–Trinajstić information content (AvgIpc) is 2.72. The summed E-state index contributed by atoms with van der Waals surface area (Å²) in [5.74, 6) is -1.44. The third-order valence-electron chi connectivity index (χ3n) is 4.78. The smallest absolute Gasteiger partial charge is 0.352 e. The molecular weight excluding hydrogens is 462 g/mol. The molecule has 0 unspecified atom stereocenters. The lowest BCUT2D eigenvalue weighted by molar-refractivity contribution is -0.141. The van der Waals surface area contributed by atoms with E-state index in [0.29, 0.717) is 17.5 Å². The van der Waals surface area contributed by atoms with E-state index in [1.54, 1.807) is 6.92 Å². The van der Waals surface area contributed by atoms with Crippen LogP contribution in [0.25, 0.3) is 6.08 Å². The molecule has 0 saturated heterocycles. The van der Waals surface area contributed by atoms with Gasteiger partial charge in [0, 0.05) is 12.6 Å². The molecule has 0 spiro atoms. The number of carbonyl (C=O) groups is 1. The van der Waals surface area contributed by atoms with Crippen molar-refractivity contribution in [3.05, 3.63) is 64.7 Å².